The van der Waals surface area contributed by atoms with Crippen molar-refractivity contribution >= 4 is 17.4 Å². The van der Waals surface area contributed by atoms with Crippen LogP contribution >= 0.6 is 11.6 Å². The molecule has 1 unspecified atom stereocenters. The Morgan fingerprint density at radius 1 is 1.42 bits per heavy atom. The average molecular weight is 283 g/mol. The van der Waals surface area contributed by atoms with Crippen LogP contribution in [0.4, 0.5) is 10.2 Å². The second-order valence-corrected chi connectivity index (χ2v) is 5.09. The second kappa shape index (κ2) is 5.61. The predicted molar refractivity (Wildman–Crippen MR) is 74.5 cm³/mol. The van der Waals surface area contributed by atoms with Crippen LogP contribution in [0.15, 0.2) is 22.7 Å². The first kappa shape index (κ1) is 13.9. The van der Waals surface area contributed by atoms with Gasteiger partial charge in [0.2, 0.25) is 0 Å². The molecule has 1 atom stereocenters. The molecule has 0 saturated heterocycles. The highest BCUT2D eigenvalue weighted by Crippen LogP contribution is 2.37. The number of hydrogen-bond donors (Lipinski definition) is 1. The molecule has 0 bridgehead atoms. The van der Waals surface area contributed by atoms with Crippen LogP contribution in [-0.2, 0) is 6.42 Å². The van der Waals surface area contributed by atoms with Gasteiger partial charge in [0, 0.05) is 12.0 Å². The summed E-state index contributed by atoms with van der Waals surface area (Å²) >= 11 is 6.07. The van der Waals surface area contributed by atoms with Gasteiger partial charge in [0.1, 0.15) is 11.6 Å². The Bertz CT molecular complexity index is 563. The lowest BCUT2D eigenvalue weighted by atomic mass is 9.97. The molecule has 102 valence electrons. The SMILES string of the molecule is CCC(C)Cc1onc(N)c1-c1c(F)cccc1Cl. The minimum Gasteiger partial charge on any atom is -0.380 e. The number of hydrogen-bond acceptors (Lipinski definition) is 3. The van der Waals surface area contributed by atoms with Crippen LogP contribution in [0.5, 0.6) is 0 Å². The molecule has 19 heavy (non-hydrogen) atoms. The summed E-state index contributed by atoms with van der Waals surface area (Å²) in [4.78, 5) is 0. The molecular formula is C14H16ClFN2O. The fourth-order valence-corrected chi connectivity index (χ4v) is 2.20. The van der Waals surface area contributed by atoms with Gasteiger partial charge in [-0.15, -0.1) is 0 Å². The molecule has 1 aromatic carbocycles. The number of nitrogens with zero attached hydrogens (tertiary/aromatic N) is 1. The van der Waals surface area contributed by atoms with Crippen LogP contribution in [0.2, 0.25) is 5.02 Å². The van der Waals surface area contributed by atoms with E-state index in [1.165, 1.54) is 6.07 Å². The van der Waals surface area contributed by atoms with Crippen molar-refractivity contribution in [1.82, 2.24) is 5.16 Å². The van der Waals surface area contributed by atoms with Gasteiger partial charge in [-0.1, -0.05) is 43.1 Å². The van der Waals surface area contributed by atoms with Crippen molar-refractivity contribution in [3.63, 3.8) is 0 Å². The van der Waals surface area contributed by atoms with Crippen molar-refractivity contribution in [2.24, 2.45) is 5.92 Å². The molecule has 0 spiro atoms. The third-order valence-electron chi connectivity index (χ3n) is 3.23. The Hall–Kier alpha value is -1.55. The summed E-state index contributed by atoms with van der Waals surface area (Å²) in [6.07, 6.45) is 1.64. The lowest BCUT2D eigenvalue weighted by Crippen LogP contribution is -2.00. The van der Waals surface area contributed by atoms with Gasteiger partial charge in [-0.3, -0.25) is 0 Å². The maximum absolute atomic E-state index is 14.0. The third kappa shape index (κ3) is 2.73. The first-order valence-electron chi connectivity index (χ1n) is 6.23. The lowest BCUT2D eigenvalue weighted by Gasteiger charge is -2.09. The average Bonchev–Trinajstić information content (AvgIpc) is 2.71. The molecule has 0 aliphatic heterocycles. The van der Waals surface area contributed by atoms with Crippen molar-refractivity contribution in [2.45, 2.75) is 26.7 Å². The largest absolute Gasteiger partial charge is 0.380 e. The second-order valence-electron chi connectivity index (χ2n) is 4.68. The molecule has 2 N–H and O–H groups in total. The molecule has 0 amide bonds. The number of rotatable bonds is 4. The summed E-state index contributed by atoms with van der Waals surface area (Å²) in [6, 6.07) is 4.53. The molecule has 0 fully saturated rings. The van der Waals surface area contributed by atoms with Gasteiger partial charge in [0.05, 0.1) is 10.6 Å². The standard InChI is InChI=1S/C14H16ClFN2O/c1-3-8(2)7-11-13(14(17)18-19-11)12-9(15)5-4-6-10(12)16/h4-6,8H,3,7H2,1-2H3,(H2,17,18). The van der Waals surface area contributed by atoms with E-state index >= 15 is 0 Å². The molecule has 1 aromatic heterocycles. The van der Waals surface area contributed by atoms with E-state index in [9.17, 15) is 4.39 Å². The first-order valence-corrected chi connectivity index (χ1v) is 6.60. The maximum atomic E-state index is 14.0. The van der Waals surface area contributed by atoms with Crippen molar-refractivity contribution in [3.05, 3.63) is 34.8 Å². The Morgan fingerprint density at radius 3 is 2.79 bits per heavy atom. The molecule has 3 nitrogen and oxygen atoms in total. The zero-order valence-electron chi connectivity index (χ0n) is 10.9. The van der Waals surface area contributed by atoms with Crippen LogP contribution in [0.3, 0.4) is 0 Å². The Kier molecular flexibility index (Phi) is 4.10. The van der Waals surface area contributed by atoms with Gasteiger partial charge in [-0.2, -0.15) is 0 Å². The van der Waals surface area contributed by atoms with E-state index in [0.717, 1.165) is 6.42 Å². The Balaban J connectivity index is 2.53. The van der Waals surface area contributed by atoms with Gasteiger partial charge in [0.15, 0.2) is 5.82 Å². The van der Waals surface area contributed by atoms with Crippen LogP contribution < -0.4 is 5.73 Å². The van der Waals surface area contributed by atoms with Crippen LogP contribution in [0, 0.1) is 11.7 Å². The summed E-state index contributed by atoms with van der Waals surface area (Å²) in [7, 11) is 0. The van der Waals surface area contributed by atoms with E-state index < -0.39 is 5.82 Å². The summed E-state index contributed by atoms with van der Waals surface area (Å²) in [5.41, 5.74) is 6.54. The van der Waals surface area contributed by atoms with E-state index in [4.69, 9.17) is 21.9 Å². The quantitative estimate of drug-likeness (QED) is 0.909. The fraction of sp³-hybridized carbons (Fsp3) is 0.357. The van der Waals surface area contributed by atoms with Crippen molar-refractivity contribution in [3.8, 4) is 11.1 Å². The smallest absolute Gasteiger partial charge is 0.175 e. The van der Waals surface area contributed by atoms with E-state index in [2.05, 4.69) is 19.0 Å². The summed E-state index contributed by atoms with van der Waals surface area (Å²) in [5.74, 6) is 0.730. The normalized spacial score (nSPS) is 12.6. The highest BCUT2D eigenvalue weighted by atomic mass is 35.5. The highest BCUT2D eigenvalue weighted by molar-refractivity contribution is 6.33. The number of benzene rings is 1. The van der Waals surface area contributed by atoms with Crippen LogP contribution in [0.25, 0.3) is 11.1 Å². The lowest BCUT2D eigenvalue weighted by molar-refractivity contribution is 0.364. The summed E-state index contributed by atoms with van der Waals surface area (Å²) in [5, 5.41) is 4.05. The van der Waals surface area contributed by atoms with E-state index in [-0.39, 0.29) is 11.4 Å². The van der Waals surface area contributed by atoms with Crippen molar-refractivity contribution in [1.29, 1.82) is 0 Å². The minimum atomic E-state index is -0.423. The number of halogens is 2. The molecule has 0 radical (unpaired) electrons. The fourth-order valence-electron chi connectivity index (χ4n) is 1.94. The molecule has 2 aromatic rings. The Labute approximate surface area is 116 Å². The zero-order valence-corrected chi connectivity index (χ0v) is 11.7. The molecule has 2 rings (SSSR count). The first-order chi connectivity index (χ1) is 9.04. The van der Waals surface area contributed by atoms with Crippen LogP contribution in [-0.4, -0.2) is 5.16 Å². The highest BCUT2D eigenvalue weighted by Gasteiger charge is 2.22. The Morgan fingerprint density at radius 2 is 2.16 bits per heavy atom. The van der Waals surface area contributed by atoms with E-state index in [1.807, 2.05) is 0 Å². The minimum absolute atomic E-state index is 0.172. The molecule has 5 heteroatoms. The van der Waals surface area contributed by atoms with Gasteiger partial charge in [0.25, 0.3) is 0 Å². The molecular weight excluding hydrogens is 267 g/mol. The number of anilines is 1. The summed E-state index contributed by atoms with van der Waals surface area (Å²) < 4.78 is 19.2. The van der Waals surface area contributed by atoms with E-state index in [1.54, 1.807) is 12.1 Å². The molecule has 0 saturated carbocycles. The monoisotopic (exact) mass is 282 g/mol. The zero-order chi connectivity index (χ0) is 14.0. The third-order valence-corrected chi connectivity index (χ3v) is 3.55. The maximum Gasteiger partial charge on any atom is 0.175 e. The van der Waals surface area contributed by atoms with Crippen LogP contribution in [0.1, 0.15) is 26.0 Å². The van der Waals surface area contributed by atoms with Crippen molar-refractivity contribution < 1.29 is 8.91 Å². The van der Waals surface area contributed by atoms with Gasteiger partial charge >= 0.3 is 0 Å². The number of nitrogen functional groups attached to an aromatic ring is 1. The molecule has 1 heterocycles. The van der Waals surface area contributed by atoms with Crippen molar-refractivity contribution in [2.75, 3.05) is 5.73 Å². The number of aromatic nitrogens is 1. The molecule has 0 aliphatic rings. The molecule has 0 aliphatic carbocycles. The van der Waals surface area contributed by atoms with E-state index in [0.29, 0.717) is 28.7 Å². The van der Waals surface area contributed by atoms with Gasteiger partial charge < -0.3 is 10.3 Å². The topological polar surface area (TPSA) is 52.0 Å². The van der Waals surface area contributed by atoms with Gasteiger partial charge in [-0.05, 0) is 18.1 Å². The van der Waals surface area contributed by atoms with Gasteiger partial charge in [-0.25, -0.2) is 4.39 Å². The predicted octanol–water partition coefficient (Wildman–Crippen LogP) is 4.30. The number of nitrogens with two attached hydrogens (primary N) is 1. The summed E-state index contributed by atoms with van der Waals surface area (Å²) in [6.45, 7) is 4.17.